The van der Waals surface area contributed by atoms with Crippen molar-refractivity contribution < 1.29 is 0 Å². The number of anilines is 1. The van der Waals surface area contributed by atoms with E-state index in [1.807, 2.05) is 0 Å². The Hall–Kier alpha value is -1.09. The summed E-state index contributed by atoms with van der Waals surface area (Å²) in [5, 5.41) is 3.42. The van der Waals surface area contributed by atoms with Crippen LogP contribution in [0.4, 0.5) is 5.82 Å². The monoisotopic (exact) mass is 289 g/mol. The molecule has 21 heavy (non-hydrogen) atoms. The second-order valence-corrected chi connectivity index (χ2v) is 6.53. The third-order valence-electron chi connectivity index (χ3n) is 4.67. The second-order valence-electron chi connectivity index (χ2n) is 6.53. The van der Waals surface area contributed by atoms with Crippen molar-refractivity contribution in [2.45, 2.75) is 53.5 Å². The summed E-state index contributed by atoms with van der Waals surface area (Å²) in [5.41, 5.74) is 2.58. The van der Waals surface area contributed by atoms with E-state index in [4.69, 9.17) is 4.98 Å². The van der Waals surface area contributed by atoms with Crippen molar-refractivity contribution in [3.63, 3.8) is 0 Å². The topological polar surface area (TPSA) is 28.2 Å². The predicted molar refractivity (Wildman–Crippen MR) is 90.8 cm³/mol. The molecule has 1 aromatic rings. The molecule has 0 bridgehead atoms. The molecule has 1 aromatic heterocycles. The Kier molecular flexibility index (Phi) is 6.04. The van der Waals surface area contributed by atoms with Crippen molar-refractivity contribution in [1.29, 1.82) is 0 Å². The molecule has 0 amide bonds. The highest BCUT2D eigenvalue weighted by atomic mass is 15.2. The van der Waals surface area contributed by atoms with Gasteiger partial charge in [0.05, 0.1) is 0 Å². The van der Waals surface area contributed by atoms with Gasteiger partial charge in [0, 0.05) is 25.3 Å². The van der Waals surface area contributed by atoms with Gasteiger partial charge in [-0.15, -0.1) is 0 Å². The van der Waals surface area contributed by atoms with Gasteiger partial charge in [-0.3, -0.25) is 0 Å². The minimum atomic E-state index is 0.811. The van der Waals surface area contributed by atoms with Gasteiger partial charge in [-0.1, -0.05) is 27.7 Å². The molecule has 1 aliphatic rings. The third-order valence-corrected chi connectivity index (χ3v) is 4.67. The van der Waals surface area contributed by atoms with Gasteiger partial charge in [0.25, 0.3) is 0 Å². The molecule has 2 rings (SSSR count). The molecular formula is C18H31N3. The Bertz CT molecular complexity index is 434. The Morgan fingerprint density at radius 3 is 2.52 bits per heavy atom. The van der Waals surface area contributed by atoms with Crippen LogP contribution in [0.3, 0.4) is 0 Å². The summed E-state index contributed by atoms with van der Waals surface area (Å²) in [7, 11) is 0. The van der Waals surface area contributed by atoms with Gasteiger partial charge >= 0.3 is 0 Å². The summed E-state index contributed by atoms with van der Waals surface area (Å²) in [4.78, 5) is 7.33. The van der Waals surface area contributed by atoms with Gasteiger partial charge in [0.2, 0.25) is 0 Å². The van der Waals surface area contributed by atoms with Crippen LogP contribution in [0.5, 0.6) is 0 Å². The number of hydrogen-bond acceptors (Lipinski definition) is 3. The molecule has 0 saturated carbocycles. The first-order valence-electron chi connectivity index (χ1n) is 8.59. The average Bonchev–Trinajstić information content (AvgIpc) is 2.52. The van der Waals surface area contributed by atoms with E-state index in [9.17, 15) is 0 Å². The SMILES string of the molecule is CCNCc1cc(CC)nc(N2CCC(C(C)C)CC2)c1. The van der Waals surface area contributed by atoms with E-state index in [0.717, 1.165) is 44.4 Å². The fourth-order valence-corrected chi connectivity index (χ4v) is 3.14. The smallest absolute Gasteiger partial charge is 0.129 e. The number of nitrogens with one attached hydrogen (secondary N) is 1. The summed E-state index contributed by atoms with van der Waals surface area (Å²) in [6.07, 6.45) is 3.62. The molecular weight excluding hydrogens is 258 g/mol. The van der Waals surface area contributed by atoms with Crippen molar-refractivity contribution in [1.82, 2.24) is 10.3 Å². The Labute approximate surface area is 130 Å². The van der Waals surface area contributed by atoms with Crippen molar-refractivity contribution in [3.05, 3.63) is 23.4 Å². The maximum Gasteiger partial charge on any atom is 0.129 e. The maximum atomic E-state index is 4.85. The Morgan fingerprint density at radius 2 is 1.95 bits per heavy atom. The standard InChI is InChI=1S/C18H31N3/c1-5-17-11-15(13-19-6-2)12-18(20-17)21-9-7-16(8-10-21)14(3)4/h11-12,14,16,19H,5-10,13H2,1-4H3. The molecule has 1 N–H and O–H groups in total. The molecule has 3 heteroatoms. The van der Waals surface area contributed by atoms with Crippen molar-refractivity contribution in [2.75, 3.05) is 24.5 Å². The maximum absolute atomic E-state index is 4.85. The first-order chi connectivity index (χ1) is 10.1. The number of aromatic nitrogens is 1. The number of piperidine rings is 1. The van der Waals surface area contributed by atoms with Crippen LogP contribution in [-0.4, -0.2) is 24.6 Å². The number of aryl methyl sites for hydroxylation is 1. The van der Waals surface area contributed by atoms with Crippen LogP contribution < -0.4 is 10.2 Å². The molecule has 1 saturated heterocycles. The lowest BCUT2D eigenvalue weighted by atomic mass is 9.87. The number of pyridine rings is 1. The normalized spacial score (nSPS) is 16.7. The van der Waals surface area contributed by atoms with E-state index in [1.165, 1.54) is 29.9 Å². The number of nitrogens with zero attached hydrogens (tertiary/aromatic N) is 2. The summed E-state index contributed by atoms with van der Waals surface area (Å²) in [6, 6.07) is 4.52. The lowest BCUT2D eigenvalue weighted by molar-refractivity contribution is 0.310. The molecule has 0 unspecified atom stereocenters. The molecule has 0 radical (unpaired) electrons. The summed E-state index contributed by atoms with van der Waals surface area (Å²) < 4.78 is 0. The van der Waals surface area contributed by atoms with Crippen LogP contribution in [0.1, 0.15) is 51.8 Å². The molecule has 0 spiro atoms. The quantitative estimate of drug-likeness (QED) is 0.867. The average molecular weight is 289 g/mol. The van der Waals surface area contributed by atoms with Gasteiger partial charge in [0.1, 0.15) is 5.82 Å². The van der Waals surface area contributed by atoms with Crippen LogP contribution in [0, 0.1) is 11.8 Å². The van der Waals surface area contributed by atoms with Gasteiger partial charge in [-0.25, -0.2) is 4.98 Å². The highest BCUT2D eigenvalue weighted by Gasteiger charge is 2.22. The van der Waals surface area contributed by atoms with E-state index in [1.54, 1.807) is 0 Å². The van der Waals surface area contributed by atoms with Gasteiger partial charge in [-0.2, -0.15) is 0 Å². The minimum absolute atomic E-state index is 0.811. The summed E-state index contributed by atoms with van der Waals surface area (Å²) in [6.45, 7) is 13.3. The molecule has 0 aromatic carbocycles. The fourth-order valence-electron chi connectivity index (χ4n) is 3.14. The molecule has 2 heterocycles. The van der Waals surface area contributed by atoms with Crippen LogP contribution >= 0.6 is 0 Å². The Balaban J connectivity index is 2.08. The van der Waals surface area contributed by atoms with Crippen LogP contribution in [-0.2, 0) is 13.0 Å². The lowest BCUT2D eigenvalue weighted by Crippen LogP contribution is -2.36. The molecule has 0 aliphatic carbocycles. The van der Waals surface area contributed by atoms with Gasteiger partial charge in [-0.05, 0) is 55.3 Å². The van der Waals surface area contributed by atoms with E-state index < -0.39 is 0 Å². The zero-order chi connectivity index (χ0) is 15.2. The third kappa shape index (κ3) is 4.44. The van der Waals surface area contributed by atoms with E-state index in [-0.39, 0.29) is 0 Å². The van der Waals surface area contributed by atoms with E-state index in [0.29, 0.717) is 0 Å². The number of rotatable bonds is 6. The summed E-state index contributed by atoms with van der Waals surface area (Å²) >= 11 is 0. The lowest BCUT2D eigenvalue weighted by Gasteiger charge is -2.35. The molecule has 1 fully saturated rings. The second kappa shape index (κ2) is 7.79. The highest BCUT2D eigenvalue weighted by Crippen LogP contribution is 2.27. The van der Waals surface area contributed by atoms with E-state index >= 15 is 0 Å². The highest BCUT2D eigenvalue weighted by molar-refractivity contribution is 5.43. The van der Waals surface area contributed by atoms with Crippen molar-refractivity contribution in [3.8, 4) is 0 Å². The molecule has 3 nitrogen and oxygen atoms in total. The molecule has 0 atom stereocenters. The molecule has 1 aliphatic heterocycles. The first kappa shape index (κ1) is 16.3. The predicted octanol–water partition coefficient (Wildman–Crippen LogP) is 3.63. The minimum Gasteiger partial charge on any atom is -0.357 e. The van der Waals surface area contributed by atoms with Crippen LogP contribution in [0.25, 0.3) is 0 Å². The van der Waals surface area contributed by atoms with Crippen molar-refractivity contribution in [2.24, 2.45) is 11.8 Å². The van der Waals surface area contributed by atoms with E-state index in [2.05, 4.69) is 50.0 Å². The zero-order valence-corrected chi connectivity index (χ0v) is 14.2. The fraction of sp³-hybridized carbons (Fsp3) is 0.722. The van der Waals surface area contributed by atoms with Crippen LogP contribution in [0.2, 0.25) is 0 Å². The van der Waals surface area contributed by atoms with Crippen molar-refractivity contribution >= 4 is 5.82 Å². The number of hydrogen-bond donors (Lipinski definition) is 1. The summed E-state index contributed by atoms with van der Waals surface area (Å²) in [5.74, 6) is 2.88. The Morgan fingerprint density at radius 1 is 1.24 bits per heavy atom. The molecule has 118 valence electrons. The van der Waals surface area contributed by atoms with Crippen LogP contribution in [0.15, 0.2) is 12.1 Å². The largest absolute Gasteiger partial charge is 0.357 e. The van der Waals surface area contributed by atoms with Gasteiger partial charge < -0.3 is 10.2 Å². The zero-order valence-electron chi connectivity index (χ0n) is 14.2. The first-order valence-corrected chi connectivity index (χ1v) is 8.59. The van der Waals surface area contributed by atoms with Gasteiger partial charge in [0.15, 0.2) is 0 Å².